The van der Waals surface area contributed by atoms with E-state index in [4.69, 9.17) is 4.74 Å². The van der Waals surface area contributed by atoms with Crippen molar-refractivity contribution in [2.24, 2.45) is 5.92 Å². The lowest BCUT2D eigenvalue weighted by Gasteiger charge is -2.40. The van der Waals surface area contributed by atoms with Gasteiger partial charge in [0.2, 0.25) is 0 Å². The number of carbonyl (C=O) groups is 2. The number of piperidine rings is 1. The Kier molecular flexibility index (Phi) is 6.41. The van der Waals surface area contributed by atoms with Gasteiger partial charge in [0, 0.05) is 25.4 Å². The third-order valence-corrected chi connectivity index (χ3v) is 6.76. The molecule has 3 heterocycles. The summed E-state index contributed by atoms with van der Waals surface area (Å²) in [5.41, 5.74) is 0.428. The first-order chi connectivity index (χ1) is 17.0. The van der Waals surface area contributed by atoms with E-state index < -0.39 is 11.6 Å². The van der Waals surface area contributed by atoms with Crippen LogP contribution in [-0.2, 0) is 17.8 Å². The van der Waals surface area contributed by atoms with Crippen molar-refractivity contribution >= 4 is 11.9 Å². The van der Waals surface area contributed by atoms with Gasteiger partial charge in [-0.2, -0.15) is 0 Å². The molecule has 2 aliphatic heterocycles. The van der Waals surface area contributed by atoms with Crippen molar-refractivity contribution < 1.29 is 18.7 Å². The average molecular weight is 476 g/mol. The van der Waals surface area contributed by atoms with Crippen molar-refractivity contribution in [1.29, 1.82) is 0 Å². The number of hydrogen-bond acceptors (Lipinski definition) is 6. The van der Waals surface area contributed by atoms with Gasteiger partial charge < -0.3 is 10.1 Å². The van der Waals surface area contributed by atoms with Crippen LogP contribution in [0.4, 0.5) is 9.18 Å². The molecule has 5 rings (SSSR count). The predicted octanol–water partition coefficient (Wildman–Crippen LogP) is 3.44. The predicted molar refractivity (Wildman–Crippen MR) is 126 cm³/mol. The summed E-state index contributed by atoms with van der Waals surface area (Å²) in [6.07, 6.45) is 4.82. The first-order valence-electron chi connectivity index (χ1n) is 11.6. The molecule has 0 bridgehead atoms. The fourth-order valence-corrected chi connectivity index (χ4v) is 4.95. The van der Waals surface area contributed by atoms with E-state index in [1.165, 1.54) is 6.07 Å². The maximum absolute atomic E-state index is 14.4. The van der Waals surface area contributed by atoms with Crippen LogP contribution >= 0.6 is 0 Å². The molecule has 8 nitrogen and oxygen atoms in total. The molecule has 0 saturated carbocycles. The zero-order chi connectivity index (χ0) is 24.3. The Morgan fingerprint density at radius 3 is 2.37 bits per heavy atom. The Labute approximate surface area is 202 Å². The molecule has 1 aromatic heterocycles. The summed E-state index contributed by atoms with van der Waals surface area (Å²) in [5.74, 6) is -0.171. The summed E-state index contributed by atoms with van der Waals surface area (Å²) in [5, 5.41) is 5.22. The normalized spacial score (nSPS) is 20.9. The average Bonchev–Trinajstić information content (AvgIpc) is 3.16. The minimum atomic E-state index is -1.14. The Morgan fingerprint density at radius 1 is 1.00 bits per heavy atom. The molecule has 2 saturated heterocycles. The van der Waals surface area contributed by atoms with Gasteiger partial charge in [-0.3, -0.25) is 15.0 Å². The number of amides is 3. The lowest BCUT2D eigenvalue weighted by atomic mass is 9.74. The molecule has 2 fully saturated rings. The number of rotatable bonds is 7. The summed E-state index contributed by atoms with van der Waals surface area (Å²) in [4.78, 5) is 35.4. The van der Waals surface area contributed by atoms with E-state index in [9.17, 15) is 14.0 Å². The molecule has 2 N–H and O–H groups in total. The van der Waals surface area contributed by atoms with Crippen molar-refractivity contribution in [3.05, 3.63) is 83.9 Å². The number of halogens is 1. The molecule has 0 spiro atoms. The summed E-state index contributed by atoms with van der Waals surface area (Å²) in [7, 11) is 0. The maximum Gasteiger partial charge on any atom is 0.322 e. The molecule has 3 amide bonds. The van der Waals surface area contributed by atoms with Crippen LogP contribution in [0.2, 0.25) is 0 Å². The van der Waals surface area contributed by atoms with E-state index >= 15 is 0 Å². The summed E-state index contributed by atoms with van der Waals surface area (Å²) < 4.78 is 20.0. The number of carbonyl (C=O) groups excluding carboxylic acids is 2. The third-order valence-electron chi connectivity index (χ3n) is 6.76. The van der Waals surface area contributed by atoms with Crippen LogP contribution < -0.4 is 15.4 Å². The standard InChI is InChI=1S/C26H26FN5O3/c27-22-5-2-1-4-19(22)16-26(23(33)30-24(34)31-26)20-10-14-32(15-11-20)17-18-6-8-21(9-7-18)35-25-28-12-3-13-29-25/h1-9,12-13,20H,10-11,14-17H2,(H2,30,31,33,34)/t26-/m0/s1. The second-order valence-electron chi connectivity index (χ2n) is 8.98. The molecule has 3 aromatic rings. The Balaban J connectivity index is 1.22. The lowest BCUT2D eigenvalue weighted by molar-refractivity contribution is -0.126. The third kappa shape index (κ3) is 5.00. The number of likely N-dealkylation sites (tertiary alicyclic amines) is 1. The van der Waals surface area contributed by atoms with Gasteiger partial charge in [0.05, 0.1) is 0 Å². The van der Waals surface area contributed by atoms with Crippen LogP contribution in [0, 0.1) is 11.7 Å². The topological polar surface area (TPSA) is 96.5 Å². The van der Waals surface area contributed by atoms with Crippen molar-refractivity contribution in [2.75, 3.05) is 13.1 Å². The molecular formula is C26H26FN5O3. The maximum atomic E-state index is 14.4. The highest BCUT2D eigenvalue weighted by molar-refractivity contribution is 6.07. The molecule has 0 unspecified atom stereocenters. The van der Waals surface area contributed by atoms with E-state index in [1.54, 1.807) is 36.7 Å². The van der Waals surface area contributed by atoms with Gasteiger partial charge in [-0.1, -0.05) is 30.3 Å². The number of imide groups is 1. The largest absolute Gasteiger partial charge is 0.424 e. The molecule has 180 valence electrons. The Morgan fingerprint density at radius 2 is 1.71 bits per heavy atom. The number of benzene rings is 2. The van der Waals surface area contributed by atoms with E-state index in [0.29, 0.717) is 30.2 Å². The zero-order valence-electron chi connectivity index (χ0n) is 19.1. The SMILES string of the molecule is O=C1NC(=O)[C@](Cc2ccccc2F)(C2CCN(Cc3ccc(Oc4ncccn4)cc3)CC2)N1. The number of urea groups is 1. The Hall–Kier alpha value is -3.85. The minimum Gasteiger partial charge on any atom is -0.424 e. The highest BCUT2D eigenvalue weighted by Gasteiger charge is 2.52. The van der Waals surface area contributed by atoms with Gasteiger partial charge in [-0.05, 0) is 67.2 Å². The van der Waals surface area contributed by atoms with Crippen molar-refractivity contribution in [3.8, 4) is 11.8 Å². The van der Waals surface area contributed by atoms with E-state index in [-0.39, 0.29) is 24.1 Å². The molecule has 0 aliphatic carbocycles. The number of aromatic nitrogens is 2. The second-order valence-corrected chi connectivity index (χ2v) is 8.98. The molecule has 0 radical (unpaired) electrons. The molecule has 1 atom stereocenters. The van der Waals surface area contributed by atoms with Gasteiger partial charge in [0.15, 0.2) is 0 Å². The zero-order valence-corrected chi connectivity index (χ0v) is 19.1. The fraction of sp³-hybridized carbons (Fsp3) is 0.308. The summed E-state index contributed by atoms with van der Waals surface area (Å²) >= 11 is 0. The van der Waals surface area contributed by atoms with E-state index in [1.807, 2.05) is 24.3 Å². The van der Waals surface area contributed by atoms with Crippen LogP contribution in [0.3, 0.4) is 0 Å². The van der Waals surface area contributed by atoms with Crippen LogP contribution in [-0.4, -0.2) is 45.4 Å². The van der Waals surface area contributed by atoms with Crippen LogP contribution in [0.5, 0.6) is 11.8 Å². The van der Waals surface area contributed by atoms with Gasteiger partial charge in [-0.15, -0.1) is 0 Å². The van der Waals surface area contributed by atoms with Crippen molar-refractivity contribution in [1.82, 2.24) is 25.5 Å². The number of ether oxygens (including phenoxy) is 1. The number of hydrogen-bond donors (Lipinski definition) is 2. The van der Waals surface area contributed by atoms with Gasteiger partial charge in [-0.25, -0.2) is 19.2 Å². The van der Waals surface area contributed by atoms with Gasteiger partial charge >= 0.3 is 12.0 Å². The molecule has 9 heteroatoms. The molecule has 35 heavy (non-hydrogen) atoms. The lowest BCUT2D eigenvalue weighted by Crippen LogP contribution is -2.57. The van der Waals surface area contributed by atoms with Crippen LogP contribution in [0.15, 0.2) is 67.0 Å². The highest BCUT2D eigenvalue weighted by atomic mass is 19.1. The number of nitrogens with zero attached hydrogens (tertiary/aromatic N) is 3. The first-order valence-corrected chi connectivity index (χ1v) is 11.6. The minimum absolute atomic E-state index is 0.0912. The molecular weight excluding hydrogens is 449 g/mol. The smallest absolute Gasteiger partial charge is 0.322 e. The van der Waals surface area contributed by atoms with Crippen LogP contribution in [0.1, 0.15) is 24.0 Å². The highest BCUT2D eigenvalue weighted by Crippen LogP contribution is 2.35. The van der Waals surface area contributed by atoms with Crippen molar-refractivity contribution in [2.45, 2.75) is 31.3 Å². The summed E-state index contributed by atoms with van der Waals surface area (Å²) in [6, 6.07) is 15.7. The van der Waals surface area contributed by atoms with Gasteiger partial charge in [0.1, 0.15) is 17.1 Å². The van der Waals surface area contributed by atoms with Crippen LogP contribution in [0.25, 0.3) is 0 Å². The van der Waals surface area contributed by atoms with E-state index in [0.717, 1.165) is 25.2 Å². The molecule has 2 aromatic carbocycles. The quantitative estimate of drug-likeness (QED) is 0.508. The fourth-order valence-electron chi connectivity index (χ4n) is 4.95. The summed E-state index contributed by atoms with van der Waals surface area (Å²) in [6.45, 7) is 2.29. The Bertz CT molecular complexity index is 1200. The number of nitrogens with one attached hydrogen (secondary N) is 2. The molecule has 2 aliphatic rings. The van der Waals surface area contributed by atoms with E-state index in [2.05, 4.69) is 25.5 Å². The van der Waals surface area contributed by atoms with Gasteiger partial charge in [0.25, 0.3) is 5.91 Å². The van der Waals surface area contributed by atoms with Crippen molar-refractivity contribution in [3.63, 3.8) is 0 Å². The second kappa shape index (κ2) is 9.79. The first kappa shape index (κ1) is 22.9. The monoisotopic (exact) mass is 475 g/mol.